The molecular weight excluding hydrogens is 320 g/mol. The number of aliphatic carboxylic acids is 1. The van der Waals surface area contributed by atoms with Gasteiger partial charge in [-0.2, -0.15) is 4.98 Å². The van der Waals surface area contributed by atoms with E-state index in [0.29, 0.717) is 31.4 Å². The highest BCUT2D eigenvalue weighted by Crippen LogP contribution is 2.32. The molecule has 7 nitrogen and oxygen atoms in total. The van der Waals surface area contributed by atoms with Crippen molar-refractivity contribution in [3.8, 4) is 0 Å². The summed E-state index contributed by atoms with van der Waals surface area (Å²) < 4.78 is 5.93. The number of hydrogen-bond acceptors (Lipinski definition) is 6. The second-order valence-corrected chi connectivity index (χ2v) is 7.75. The Bertz CT molecular complexity index is 624. The van der Waals surface area contributed by atoms with E-state index in [1.54, 1.807) is 13.1 Å². The van der Waals surface area contributed by atoms with Crippen LogP contribution in [0.25, 0.3) is 0 Å². The van der Waals surface area contributed by atoms with Crippen molar-refractivity contribution in [1.29, 1.82) is 0 Å². The second kappa shape index (κ2) is 7.15. The van der Waals surface area contributed by atoms with Gasteiger partial charge < -0.3 is 20.1 Å². The molecule has 3 heterocycles. The number of nitrogens with one attached hydrogen (secondary N) is 1. The molecule has 3 unspecified atom stereocenters. The van der Waals surface area contributed by atoms with Gasteiger partial charge in [0.1, 0.15) is 5.82 Å². The summed E-state index contributed by atoms with van der Waals surface area (Å²) in [7, 11) is 0. The van der Waals surface area contributed by atoms with E-state index < -0.39 is 11.4 Å². The Hall–Kier alpha value is -1.89. The van der Waals surface area contributed by atoms with E-state index in [-0.39, 0.29) is 12.1 Å². The zero-order valence-corrected chi connectivity index (χ0v) is 15.2. The van der Waals surface area contributed by atoms with E-state index >= 15 is 0 Å². The Morgan fingerprint density at radius 2 is 2.32 bits per heavy atom. The first-order chi connectivity index (χ1) is 11.9. The number of anilines is 2. The lowest BCUT2D eigenvalue weighted by molar-refractivity contribution is -0.146. The van der Waals surface area contributed by atoms with Gasteiger partial charge in [0.05, 0.1) is 17.6 Å². The first kappa shape index (κ1) is 17.9. The number of nitrogens with zero attached hydrogens (tertiary/aromatic N) is 3. The smallest absolute Gasteiger partial charge is 0.311 e. The molecule has 138 valence electrons. The number of ether oxygens (including phenoxy) is 1. The predicted octanol–water partition coefficient (Wildman–Crippen LogP) is 2.39. The van der Waals surface area contributed by atoms with Crippen molar-refractivity contribution in [3.05, 3.63) is 12.3 Å². The van der Waals surface area contributed by atoms with Crippen LogP contribution in [0.2, 0.25) is 0 Å². The standard InChI is InChI=1S/C18H28N4O3/c1-12(2)15-13(5-4-10-25-15)20-14-6-8-19-17(21-14)22-9-7-18(3,11-22)16(23)24/h6,8,12-13,15H,4-5,7,9-11H2,1-3H3,(H,23,24)(H,19,20,21). The number of rotatable bonds is 5. The summed E-state index contributed by atoms with van der Waals surface area (Å²) in [4.78, 5) is 22.4. The molecule has 25 heavy (non-hydrogen) atoms. The van der Waals surface area contributed by atoms with Crippen molar-refractivity contribution in [3.63, 3.8) is 0 Å². The van der Waals surface area contributed by atoms with Crippen LogP contribution in [0.1, 0.15) is 40.0 Å². The quantitative estimate of drug-likeness (QED) is 0.845. The maximum Gasteiger partial charge on any atom is 0.311 e. The SMILES string of the molecule is CC(C)C1OCCCC1Nc1ccnc(N2CCC(C)(C(=O)O)C2)n1. The molecule has 2 N–H and O–H groups in total. The molecule has 2 fully saturated rings. The lowest BCUT2D eigenvalue weighted by Crippen LogP contribution is -2.43. The molecular formula is C18H28N4O3. The molecule has 0 aliphatic carbocycles. The fourth-order valence-electron chi connectivity index (χ4n) is 3.69. The predicted molar refractivity (Wildman–Crippen MR) is 95.8 cm³/mol. The zero-order valence-electron chi connectivity index (χ0n) is 15.2. The minimum absolute atomic E-state index is 0.175. The highest BCUT2D eigenvalue weighted by molar-refractivity contribution is 5.76. The lowest BCUT2D eigenvalue weighted by Gasteiger charge is -2.35. The molecule has 0 radical (unpaired) electrons. The fraction of sp³-hybridized carbons (Fsp3) is 0.722. The van der Waals surface area contributed by atoms with Crippen molar-refractivity contribution in [2.75, 3.05) is 29.9 Å². The summed E-state index contributed by atoms with van der Waals surface area (Å²) in [5, 5.41) is 12.9. The number of carboxylic acids is 1. The molecule has 2 saturated heterocycles. The Morgan fingerprint density at radius 1 is 1.52 bits per heavy atom. The van der Waals surface area contributed by atoms with Crippen LogP contribution in [0, 0.1) is 11.3 Å². The third kappa shape index (κ3) is 3.86. The van der Waals surface area contributed by atoms with Crippen molar-refractivity contribution in [1.82, 2.24) is 9.97 Å². The van der Waals surface area contributed by atoms with E-state index in [9.17, 15) is 9.90 Å². The number of aromatic nitrogens is 2. The Labute approximate surface area is 148 Å². The van der Waals surface area contributed by atoms with Gasteiger partial charge in [-0.25, -0.2) is 4.98 Å². The van der Waals surface area contributed by atoms with Gasteiger partial charge in [-0.05, 0) is 38.2 Å². The average molecular weight is 348 g/mol. The van der Waals surface area contributed by atoms with E-state index in [4.69, 9.17) is 4.74 Å². The lowest BCUT2D eigenvalue weighted by atomic mass is 9.90. The third-order valence-corrected chi connectivity index (χ3v) is 5.27. The molecule has 7 heteroatoms. The van der Waals surface area contributed by atoms with Gasteiger partial charge in [0.2, 0.25) is 5.95 Å². The Balaban J connectivity index is 1.71. The molecule has 0 amide bonds. The summed E-state index contributed by atoms with van der Waals surface area (Å²) in [5.74, 6) is 1.04. The highest BCUT2D eigenvalue weighted by atomic mass is 16.5. The van der Waals surface area contributed by atoms with Gasteiger partial charge in [-0.15, -0.1) is 0 Å². The molecule has 3 rings (SSSR count). The zero-order chi connectivity index (χ0) is 18.0. The first-order valence-corrected chi connectivity index (χ1v) is 9.08. The van der Waals surface area contributed by atoms with Gasteiger partial charge >= 0.3 is 5.97 Å². The molecule has 0 saturated carbocycles. The molecule has 0 spiro atoms. The largest absolute Gasteiger partial charge is 0.481 e. The summed E-state index contributed by atoms with van der Waals surface area (Å²) >= 11 is 0. The third-order valence-electron chi connectivity index (χ3n) is 5.27. The minimum Gasteiger partial charge on any atom is -0.481 e. The van der Waals surface area contributed by atoms with Crippen molar-refractivity contribution in [2.45, 2.75) is 52.2 Å². The molecule has 2 aliphatic rings. The summed E-state index contributed by atoms with van der Waals surface area (Å²) in [5.41, 5.74) is -0.729. The van der Waals surface area contributed by atoms with Gasteiger partial charge in [-0.1, -0.05) is 13.8 Å². The van der Waals surface area contributed by atoms with Crippen LogP contribution >= 0.6 is 0 Å². The topological polar surface area (TPSA) is 87.6 Å². The Kier molecular flexibility index (Phi) is 5.13. The van der Waals surface area contributed by atoms with Crippen LogP contribution < -0.4 is 10.2 Å². The van der Waals surface area contributed by atoms with E-state index in [1.165, 1.54) is 0 Å². The van der Waals surface area contributed by atoms with Crippen LogP contribution in [-0.2, 0) is 9.53 Å². The second-order valence-electron chi connectivity index (χ2n) is 7.75. The van der Waals surface area contributed by atoms with Crippen LogP contribution in [-0.4, -0.2) is 52.9 Å². The first-order valence-electron chi connectivity index (χ1n) is 9.08. The van der Waals surface area contributed by atoms with Crippen LogP contribution in [0.15, 0.2) is 12.3 Å². The molecule has 2 aliphatic heterocycles. The molecule has 3 atom stereocenters. The normalized spacial score (nSPS) is 29.8. The molecule has 1 aromatic heterocycles. The number of carboxylic acid groups (broad SMARTS) is 1. The van der Waals surface area contributed by atoms with Crippen molar-refractivity contribution >= 4 is 17.7 Å². The number of carbonyl (C=O) groups is 1. The van der Waals surface area contributed by atoms with Crippen LogP contribution in [0.5, 0.6) is 0 Å². The maximum atomic E-state index is 11.4. The summed E-state index contributed by atoms with van der Waals surface area (Å²) in [6.45, 7) is 8.04. The molecule has 1 aromatic rings. The average Bonchev–Trinajstić information content (AvgIpc) is 2.99. The minimum atomic E-state index is -0.761. The summed E-state index contributed by atoms with van der Waals surface area (Å²) in [6, 6.07) is 2.10. The van der Waals surface area contributed by atoms with E-state index in [1.807, 2.05) is 11.0 Å². The highest BCUT2D eigenvalue weighted by Gasteiger charge is 2.41. The molecule has 0 bridgehead atoms. The molecule has 0 aromatic carbocycles. The van der Waals surface area contributed by atoms with Gasteiger partial charge in [0, 0.05) is 25.9 Å². The van der Waals surface area contributed by atoms with Crippen molar-refractivity contribution in [2.24, 2.45) is 11.3 Å². The van der Waals surface area contributed by atoms with E-state index in [0.717, 1.165) is 25.3 Å². The van der Waals surface area contributed by atoms with Crippen LogP contribution in [0.4, 0.5) is 11.8 Å². The fourth-order valence-corrected chi connectivity index (χ4v) is 3.69. The monoisotopic (exact) mass is 348 g/mol. The maximum absolute atomic E-state index is 11.4. The Morgan fingerprint density at radius 3 is 3.00 bits per heavy atom. The van der Waals surface area contributed by atoms with Crippen molar-refractivity contribution < 1.29 is 14.6 Å². The number of hydrogen-bond donors (Lipinski definition) is 2. The van der Waals surface area contributed by atoms with Gasteiger partial charge in [0.25, 0.3) is 0 Å². The summed E-state index contributed by atoms with van der Waals surface area (Å²) in [6.07, 6.45) is 4.62. The van der Waals surface area contributed by atoms with Gasteiger partial charge in [-0.3, -0.25) is 4.79 Å². The van der Waals surface area contributed by atoms with E-state index in [2.05, 4.69) is 29.1 Å². The van der Waals surface area contributed by atoms with Crippen LogP contribution in [0.3, 0.4) is 0 Å². The van der Waals surface area contributed by atoms with Gasteiger partial charge in [0.15, 0.2) is 0 Å².